The Morgan fingerprint density at radius 3 is 2.56 bits per heavy atom. The SMILES string of the molecule is COC(=O)CC(=Nc1cccc(O)c1)C(=O)OC. The van der Waals surface area contributed by atoms with E-state index in [-0.39, 0.29) is 17.9 Å². The molecule has 0 saturated heterocycles. The topological polar surface area (TPSA) is 85.2 Å². The van der Waals surface area contributed by atoms with E-state index in [0.29, 0.717) is 5.69 Å². The molecule has 0 aliphatic heterocycles. The molecule has 1 rings (SSSR count). The second kappa shape index (κ2) is 6.39. The molecule has 1 N–H and O–H groups in total. The maximum atomic E-state index is 11.4. The Bertz CT molecular complexity index is 481. The lowest BCUT2D eigenvalue weighted by Crippen LogP contribution is -2.20. The van der Waals surface area contributed by atoms with Gasteiger partial charge in [0, 0.05) is 6.07 Å². The Morgan fingerprint density at radius 1 is 1.28 bits per heavy atom. The van der Waals surface area contributed by atoms with Crippen LogP contribution < -0.4 is 0 Å². The van der Waals surface area contributed by atoms with Crippen LogP contribution in [0.4, 0.5) is 5.69 Å². The lowest BCUT2D eigenvalue weighted by atomic mass is 10.2. The summed E-state index contributed by atoms with van der Waals surface area (Å²) >= 11 is 0. The van der Waals surface area contributed by atoms with Crippen molar-refractivity contribution in [3.63, 3.8) is 0 Å². The zero-order chi connectivity index (χ0) is 13.5. The van der Waals surface area contributed by atoms with Crippen molar-refractivity contribution in [3.8, 4) is 5.75 Å². The third kappa shape index (κ3) is 3.89. The van der Waals surface area contributed by atoms with E-state index in [4.69, 9.17) is 0 Å². The molecule has 0 bridgehead atoms. The van der Waals surface area contributed by atoms with Crippen molar-refractivity contribution in [1.29, 1.82) is 0 Å². The molecule has 0 radical (unpaired) electrons. The van der Waals surface area contributed by atoms with Crippen LogP contribution in [0, 0.1) is 0 Å². The quantitative estimate of drug-likeness (QED) is 0.642. The first-order valence-corrected chi connectivity index (χ1v) is 5.08. The average Bonchev–Trinajstić information content (AvgIpc) is 2.36. The Labute approximate surface area is 104 Å². The van der Waals surface area contributed by atoms with Crippen LogP contribution in [0.5, 0.6) is 5.75 Å². The van der Waals surface area contributed by atoms with Gasteiger partial charge in [0.15, 0.2) is 0 Å². The zero-order valence-corrected chi connectivity index (χ0v) is 10.0. The Balaban J connectivity index is 3.02. The molecule has 1 aromatic rings. The second-order valence-electron chi connectivity index (χ2n) is 3.32. The number of ether oxygens (including phenoxy) is 2. The van der Waals surface area contributed by atoms with E-state index >= 15 is 0 Å². The highest BCUT2D eigenvalue weighted by atomic mass is 16.5. The summed E-state index contributed by atoms with van der Waals surface area (Å²) in [4.78, 5) is 26.5. The molecule has 0 amide bonds. The summed E-state index contributed by atoms with van der Waals surface area (Å²) in [6.45, 7) is 0. The van der Waals surface area contributed by atoms with Gasteiger partial charge in [-0.15, -0.1) is 0 Å². The first kappa shape index (κ1) is 13.7. The molecular formula is C12H13NO5. The lowest BCUT2D eigenvalue weighted by Gasteiger charge is -2.03. The average molecular weight is 251 g/mol. The number of phenols is 1. The number of rotatable bonds is 4. The first-order valence-electron chi connectivity index (χ1n) is 5.08. The van der Waals surface area contributed by atoms with Crippen molar-refractivity contribution < 1.29 is 24.2 Å². The van der Waals surface area contributed by atoms with Crippen LogP contribution >= 0.6 is 0 Å². The highest BCUT2D eigenvalue weighted by Crippen LogP contribution is 2.19. The number of esters is 2. The normalized spacial score (nSPS) is 10.9. The van der Waals surface area contributed by atoms with Gasteiger partial charge < -0.3 is 14.6 Å². The number of aliphatic imine (C=N–C) groups is 1. The fourth-order valence-corrected chi connectivity index (χ4v) is 1.20. The predicted octanol–water partition coefficient (Wildman–Crippen LogP) is 1.20. The molecule has 6 heteroatoms. The van der Waals surface area contributed by atoms with Crippen LogP contribution in [0.15, 0.2) is 29.3 Å². The minimum atomic E-state index is -0.719. The molecule has 0 atom stereocenters. The van der Waals surface area contributed by atoms with Crippen molar-refractivity contribution in [1.82, 2.24) is 0 Å². The Hall–Kier alpha value is -2.37. The van der Waals surface area contributed by atoms with E-state index in [0.717, 1.165) is 0 Å². The van der Waals surface area contributed by atoms with E-state index in [1.165, 1.54) is 26.4 Å². The van der Waals surface area contributed by atoms with Crippen molar-refractivity contribution in [2.45, 2.75) is 6.42 Å². The number of hydrogen-bond donors (Lipinski definition) is 1. The minimum absolute atomic E-state index is 0.0125. The van der Waals surface area contributed by atoms with Gasteiger partial charge >= 0.3 is 11.9 Å². The Morgan fingerprint density at radius 2 is 2.00 bits per heavy atom. The van der Waals surface area contributed by atoms with Crippen molar-refractivity contribution in [2.75, 3.05) is 14.2 Å². The molecule has 0 aliphatic carbocycles. The molecule has 0 heterocycles. The second-order valence-corrected chi connectivity index (χ2v) is 3.32. The number of hydrogen-bond acceptors (Lipinski definition) is 6. The first-order chi connectivity index (χ1) is 8.56. The predicted molar refractivity (Wildman–Crippen MR) is 63.9 cm³/mol. The molecule has 0 aromatic heterocycles. The fraction of sp³-hybridized carbons (Fsp3) is 0.250. The van der Waals surface area contributed by atoms with Crippen LogP contribution in [0.1, 0.15) is 6.42 Å². The van der Waals surface area contributed by atoms with Gasteiger partial charge in [0.1, 0.15) is 11.5 Å². The maximum absolute atomic E-state index is 11.4. The fourth-order valence-electron chi connectivity index (χ4n) is 1.20. The lowest BCUT2D eigenvalue weighted by molar-refractivity contribution is -0.140. The number of phenolic OH excluding ortho intramolecular Hbond substituents is 1. The molecule has 1 aromatic carbocycles. The molecule has 6 nitrogen and oxygen atoms in total. The maximum Gasteiger partial charge on any atom is 0.353 e. The van der Waals surface area contributed by atoms with Gasteiger partial charge in [0.05, 0.1) is 26.3 Å². The summed E-state index contributed by atoms with van der Waals surface area (Å²) in [6.07, 6.45) is -0.293. The number of methoxy groups -OCH3 is 2. The van der Waals surface area contributed by atoms with E-state index < -0.39 is 11.9 Å². The number of carbonyl (C=O) groups is 2. The molecule has 0 fully saturated rings. The number of benzene rings is 1. The van der Waals surface area contributed by atoms with Crippen LogP contribution in [0.3, 0.4) is 0 Å². The van der Waals surface area contributed by atoms with E-state index in [1.807, 2.05) is 0 Å². The third-order valence-electron chi connectivity index (χ3n) is 2.05. The van der Waals surface area contributed by atoms with Gasteiger partial charge in [-0.2, -0.15) is 0 Å². The van der Waals surface area contributed by atoms with Crippen molar-refractivity contribution in [3.05, 3.63) is 24.3 Å². The van der Waals surface area contributed by atoms with Gasteiger partial charge in [-0.05, 0) is 12.1 Å². The summed E-state index contributed by atoms with van der Waals surface area (Å²) in [6, 6.07) is 5.98. The molecule has 96 valence electrons. The van der Waals surface area contributed by atoms with Crippen LogP contribution in [-0.4, -0.2) is 37.0 Å². The zero-order valence-electron chi connectivity index (χ0n) is 10.0. The Kier molecular flexibility index (Phi) is 4.86. The largest absolute Gasteiger partial charge is 0.508 e. The van der Waals surface area contributed by atoms with Crippen molar-refractivity contribution >= 4 is 23.3 Å². The summed E-state index contributed by atoms with van der Waals surface area (Å²) in [5, 5.41) is 9.27. The highest BCUT2D eigenvalue weighted by molar-refractivity contribution is 6.39. The van der Waals surface area contributed by atoms with Gasteiger partial charge in [-0.1, -0.05) is 6.07 Å². The van der Waals surface area contributed by atoms with Gasteiger partial charge in [-0.25, -0.2) is 9.79 Å². The van der Waals surface area contributed by atoms with Crippen LogP contribution in [0.25, 0.3) is 0 Å². The van der Waals surface area contributed by atoms with Gasteiger partial charge in [-0.3, -0.25) is 4.79 Å². The minimum Gasteiger partial charge on any atom is -0.508 e. The molecule has 0 spiro atoms. The van der Waals surface area contributed by atoms with E-state index in [2.05, 4.69) is 14.5 Å². The summed E-state index contributed by atoms with van der Waals surface area (Å²) < 4.78 is 8.98. The molecular weight excluding hydrogens is 238 g/mol. The number of carbonyl (C=O) groups excluding carboxylic acids is 2. The molecule has 0 aliphatic rings. The van der Waals surface area contributed by atoms with E-state index in [1.54, 1.807) is 12.1 Å². The van der Waals surface area contributed by atoms with Gasteiger partial charge in [0.2, 0.25) is 0 Å². The summed E-state index contributed by atoms with van der Waals surface area (Å²) in [5.74, 6) is -1.30. The molecule has 18 heavy (non-hydrogen) atoms. The van der Waals surface area contributed by atoms with E-state index in [9.17, 15) is 14.7 Å². The highest BCUT2D eigenvalue weighted by Gasteiger charge is 2.17. The molecule has 0 unspecified atom stereocenters. The monoisotopic (exact) mass is 251 g/mol. The van der Waals surface area contributed by atoms with Crippen LogP contribution in [0.2, 0.25) is 0 Å². The summed E-state index contributed by atoms with van der Waals surface area (Å²) in [7, 11) is 2.41. The standard InChI is InChI=1S/C12H13NO5/c1-17-11(15)7-10(12(16)18-2)13-8-4-3-5-9(14)6-8/h3-6,14H,7H2,1-2H3. The van der Waals surface area contributed by atoms with Crippen LogP contribution in [-0.2, 0) is 19.1 Å². The third-order valence-corrected chi connectivity index (χ3v) is 2.05. The molecule has 0 saturated carbocycles. The van der Waals surface area contributed by atoms with Gasteiger partial charge in [0.25, 0.3) is 0 Å². The smallest absolute Gasteiger partial charge is 0.353 e. The van der Waals surface area contributed by atoms with Crippen molar-refractivity contribution in [2.24, 2.45) is 4.99 Å². The summed E-state index contributed by atoms with van der Waals surface area (Å²) in [5.41, 5.74) is 0.259. The number of nitrogens with zero attached hydrogens (tertiary/aromatic N) is 1. The number of aromatic hydroxyl groups is 1.